The van der Waals surface area contributed by atoms with E-state index in [1.54, 1.807) is 28.9 Å². The summed E-state index contributed by atoms with van der Waals surface area (Å²) in [5.41, 5.74) is 0. The zero-order valence-electron chi connectivity index (χ0n) is 5.07. The van der Waals surface area contributed by atoms with Crippen LogP contribution in [0.15, 0.2) is 23.7 Å². The molecular formula is C7H4NS2. The van der Waals surface area contributed by atoms with Crippen molar-refractivity contribution < 1.29 is 0 Å². The Morgan fingerprint density at radius 3 is 3.10 bits per heavy atom. The maximum Gasteiger partial charge on any atom is 0.133 e. The quantitative estimate of drug-likeness (QED) is 0.634. The van der Waals surface area contributed by atoms with Crippen LogP contribution in [-0.2, 0) is 0 Å². The van der Waals surface area contributed by atoms with Gasteiger partial charge in [-0.1, -0.05) is 6.07 Å². The molecule has 2 aromatic rings. The Labute approximate surface area is 67.0 Å². The van der Waals surface area contributed by atoms with Gasteiger partial charge in [-0.25, -0.2) is 4.98 Å². The van der Waals surface area contributed by atoms with E-state index in [-0.39, 0.29) is 0 Å². The predicted molar refractivity (Wildman–Crippen MR) is 44.3 cm³/mol. The van der Waals surface area contributed by atoms with Crippen LogP contribution >= 0.6 is 22.7 Å². The summed E-state index contributed by atoms with van der Waals surface area (Å²) in [6.45, 7) is 0. The summed E-state index contributed by atoms with van der Waals surface area (Å²) in [7, 11) is 0. The highest BCUT2D eigenvalue weighted by molar-refractivity contribution is 7.19. The Balaban J connectivity index is 2.48. The molecule has 2 heterocycles. The maximum absolute atomic E-state index is 4.13. The van der Waals surface area contributed by atoms with Gasteiger partial charge in [-0.3, -0.25) is 0 Å². The molecule has 0 aliphatic rings. The molecule has 0 aromatic carbocycles. The largest absolute Gasteiger partial charge is 0.243 e. The lowest BCUT2D eigenvalue weighted by atomic mass is 10.5. The summed E-state index contributed by atoms with van der Waals surface area (Å²) in [4.78, 5) is 5.36. The van der Waals surface area contributed by atoms with Crippen molar-refractivity contribution >= 4 is 22.7 Å². The fourth-order valence-electron chi connectivity index (χ4n) is 0.708. The second-order valence-corrected chi connectivity index (χ2v) is 3.53. The van der Waals surface area contributed by atoms with Gasteiger partial charge >= 0.3 is 0 Å². The molecule has 10 heavy (non-hydrogen) atoms. The molecule has 0 N–H and O–H groups in total. The van der Waals surface area contributed by atoms with Crippen LogP contribution in [0.3, 0.4) is 0 Å². The SMILES string of the molecule is [c]1cnc(-c2cccs2)s1. The van der Waals surface area contributed by atoms with E-state index in [0.29, 0.717) is 0 Å². The van der Waals surface area contributed by atoms with Crippen LogP contribution in [0.4, 0.5) is 0 Å². The fourth-order valence-corrected chi connectivity index (χ4v) is 2.08. The smallest absolute Gasteiger partial charge is 0.133 e. The zero-order chi connectivity index (χ0) is 6.81. The minimum Gasteiger partial charge on any atom is -0.243 e. The van der Waals surface area contributed by atoms with Gasteiger partial charge < -0.3 is 0 Å². The minimum atomic E-state index is 1.06. The summed E-state index contributed by atoms with van der Waals surface area (Å²) in [6.07, 6.45) is 1.71. The highest BCUT2D eigenvalue weighted by Gasteiger charge is 1.98. The molecule has 2 rings (SSSR count). The molecule has 0 amide bonds. The van der Waals surface area contributed by atoms with E-state index in [0.717, 1.165) is 5.01 Å². The Bertz CT molecular complexity index is 251. The van der Waals surface area contributed by atoms with Crippen LogP contribution in [0.1, 0.15) is 0 Å². The standard InChI is InChI=1S/C7H4NS2/c1-2-6(9-4-1)7-8-3-5-10-7/h1-4H. The van der Waals surface area contributed by atoms with Gasteiger partial charge in [0.2, 0.25) is 0 Å². The summed E-state index contributed by atoms with van der Waals surface area (Å²) < 4.78 is 0. The zero-order valence-corrected chi connectivity index (χ0v) is 6.71. The van der Waals surface area contributed by atoms with Crippen molar-refractivity contribution in [3.05, 3.63) is 29.1 Å². The highest BCUT2D eigenvalue weighted by atomic mass is 32.1. The number of rotatable bonds is 1. The molecule has 1 radical (unpaired) electrons. The third kappa shape index (κ3) is 0.978. The lowest BCUT2D eigenvalue weighted by Gasteiger charge is -1.83. The molecule has 3 heteroatoms. The minimum absolute atomic E-state index is 1.06. The third-order valence-electron chi connectivity index (χ3n) is 1.12. The number of hydrogen-bond acceptors (Lipinski definition) is 3. The second-order valence-electron chi connectivity index (χ2n) is 1.76. The molecule has 0 saturated carbocycles. The van der Waals surface area contributed by atoms with Gasteiger partial charge in [-0.2, -0.15) is 0 Å². The fraction of sp³-hybridized carbons (Fsp3) is 0. The van der Waals surface area contributed by atoms with Crippen LogP contribution in [-0.4, -0.2) is 4.98 Å². The lowest BCUT2D eigenvalue weighted by Crippen LogP contribution is -1.63. The average molecular weight is 166 g/mol. The van der Waals surface area contributed by atoms with E-state index < -0.39 is 0 Å². The van der Waals surface area contributed by atoms with Crippen molar-refractivity contribution in [2.45, 2.75) is 0 Å². The predicted octanol–water partition coefficient (Wildman–Crippen LogP) is 2.67. The molecule has 0 unspecified atom stereocenters. The van der Waals surface area contributed by atoms with Crippen molar-refractivity contribution in [1.82, 2.24) is 4.98 Å². The van der Waals surface area contributed by atoms with Gasteiger partial charge in [0, 0.05) is 6.20 Å². The molecule has 0 aliphatic carbocycles. The summed E-state index contributed by atoms with van der Waals surface area (Å²) in [5.74, 6) is 0. The first-order valence-electron chi connectivity index (χ1n) is 2.82. The number of thiophene rings is 1. The summed E-state index contributed by atoms with van der Waals surface area (Å²) >= 11 is 3.26. The first-order valence-corrected chi connectivity index (χ1v) is 4.52. The molecule has 0 fully saturated rings. The molecule has 2 aromatic heterocycles. The first kappa shape index (κ1) is 6.07. The Kier molecular flexibility index (Phi) is 1.53. The summed E-state index contributed by atoms with van der Waals surface area (Å²) in [6, 6.07) is 4.10. The van der Waals surface area contributed by atoms with E-state index in [2.05, 4.69) is 21.8 Å². The Morgan fingerprint density at radius 2 is 2.50 bits per heavy atom. The Morgan fingerprint density at radius 1 is 1.50 bits per heavy atom. The van der Waals surface area contributed by atoms with Crippen LogP contribution in [0.25, 0.3) is 9.88 Å². The molecule has 1 nitrogen and oxygen atoms in total. The molecule has 0 spiro atoms. The topological polar surface area (TPSA) is 12.9 Å². The van der Waals surface area contributed by atoms with Crippen LogP contribution in [0, 0.1) is 5.38 Å². The molecular weight excluding hydrogens is 162 g/mol. The van der Waals surface area contributed by atoms with Gasteiger partial charge in [-0.15, -0.1) is 22.7 Å². The van der Waals surface area contributed by atoms with Crippen LogP contribution in [0.2, 0.25) is 0 Å². The third-order valence-corrected chi connectivity index (χ3v) is 2.87. The molecule has 49 valence electrons. The number of nitrogens with zero attached hydrogens (tertiary/aromatic N) is 1. The monoisotopic (exact) mass is 166 g/mol. The number of hydrogen-bond donors (Lipinski definition) is 0. The van der Waals surface area contributed by atoms with Crippen LogP contribution < -0.4 is 0 Å². The van der Waals surface area contributed by atoms with E-state index >= 15 is 0 Å². The lowest BCUT2D eigenvalue weighted by molar-refractivity contribution is 1.43. The van der Waals surface area contributed by atoms with Crippen molar-refractivity contribution in [2.75, 3.05) is 0 Å². The normalized spacial score (nSPS) is 10.0. The van der Waals surface area contributed by atoms with E-state index in [1.807, 2.05) is 6.07 Å². The average Bonchev–Trinajstić information content (AvgIpc) is 2.59. The van der Waals surface area contributed by atoms with Gasteiger partial charge in [0.15, 0.2) is 0 Å². The van der Waals surface area contributed by atoms with Crippen LogP contribution in [0.5, 0.6) is 0 Å². The van der Waals surface area contributed by atoms with Crippen molar-refractivity contribution in [1.29, 1.82) is 0 Å². The maximum atomic E-state index is 4.13. The van der Waals surface area contributed by atoms with E-state index in [1.165, 1.54) is 4.88 Å². The molecule has 0 saturated heterocycles. The van der Waals surface area contributed by atoms with Gasteiger partial charge in [-0.05, 0) is 11.4 Å². The van der Waals surface area contributed by atoms with E-state index in [9.17, 15) is 0 Å². The Hall–Kier alpha value is -0.670. The van der Waals surface area contributed by atoms with Crippen molar-refractivity contribution in [3.8, 4) is 9.88 Å². The van der Waals surface area contributed by atoms with Gasteiger partial charge in [0.05, 0.1) is 10.3 Å². The first-order chi connectivity index (χ1) is 4.97. The second kappa shape index (κ2) is 2.52. The number of thiazole rings is 1. The van der Waals surface area contributed by atoms with Gasteiger partial charge in [0.25, 0.3) is 0 Å². The van der Waals surface area contributed by atoms with Gasteiger partial charge in [0.1, 0.15) is 5.01 Å². The molecule has 0 aliphatic heterocycles. The molecule has 0 bridgehead atoms. The highest BCUT2D eigenvalue weighted by Crippen LogP contribution is 2.25. The van der Waals surface area contributed by atoms with E-state index in [4.69, 9.17) is 0 Å². The van der Waals surface area contributed by atoms with Crippen molar-refractivity contribution in [3.63, 3.8) is 0 Å². The summed E-state index contributed by atoms with van der Waals surface area (Å²) in [5, 5.41) is 6.07. The van der Waals surface area contributed by atoms with Crippen molar-refractivity contribution in [2.24, 2.45) is 0 Å². The molecule has 0 atom stereocenters. The number of aromatic nitrogens is 1.